The number of nitrogens with zero attached hydrogens (tertiary/aromatic N) is 3. The number of amides is 1. The standard InChI is InChI=1S/C19H25N5O/c1-16(17-6-3-2-4-7-17)14-22-18(25)15-23-10-12-24(13-11-23)19-20-8-5-9-21-19/h2-9,16H,10-15H2,1H3,(H,22,25)/p+1/t16-/m0/s1. The number of aromatic nitrogens is 2. The Morgan fingerprint density at radius 1 is 1.16 bits per heavy atom. The third kappa shape index (κ3) is 5.00. The van der Waals surface area contributed by atoms with Crippen LogP contribution in [0.3, 0.4) is 0 Å². The van der Waals surface area contributed by atoms with E-state index in [0.29, 0.717) is 19.0 Å². The molecule has 3 rings (SSSR count). The number of rotatable bonds is 6. The number of anilines is 1. The third-order valence-electron chi connectivity index (χ3n) is 4.69. The fraction of sp³-hybridized carbons (Fsp3) is 0.421. The van der Waals surface area contributed by atoms with E-state index in [2.05, 4.69) is 39.2 Å². The van der Waals surface area contributed by atoms with Gasteiger partial charge in [-0.2, -0.15) is 0 Å². The molecule has 1 amide bonds. The van der Waals surface area contributed by atoms with Crippen molar-refractivity contribution < 1.29 is 9.69 Å². The van der Waals surface area contributed by atoms with Crippen molar-refractivity contribution in [3.05, 3.63) is 54.4 Å². The number of benzene rings is 1. The van der Waals surface area contributed by atoms with Gasteiger partial charge in [-0.1, -0.05) is 37.3 Å². The molecule has 1 aromatic heterocycles. The lowest BCUT2D eigenvalue weighted by atomic mass is 10.0. The first kappa shape index (κ1) is 17.4. The summed E-state index contributed by atoms with van der Waals surface area (Å²) in [4.78, 5) is 24.3. The molecule has 1 aromatic carbocycles. The van der Waals surface area contributed by atoms with E-state index in [1.165, 1.54) is 10.5 Å². The minimum absolute atomic E-state index is 0.127. The van der Waals surface area contributed by atoms with E-state index in [9.17, 15) is 4.79 Å². The molecule has 1 atom stereocenters. The van der Waals surface area contributed by atoms with Crippen LogP contribution < -0.4 is 15.1 Å². The maximum atomic E-state index is 12.2. The summed E-state index contributed by atoms with van der Waals surface area (Å²) >= 11 is 0. The molecule has 0 aliphatic carbocycles. The summed E-state index contributed by atoms with van der Waals surface area (Å²) < 4.78 is 0. The van der Waals surface area contributed by atoms with Gasteiger partial charge in [0.1, 0.15) is 0 Å². The Morgan fingerprint density at radius 2 is 1.84 bits per heavy atom. The summed E-state index contributed by atoms with van der Waals surface area (Å²) in [6.07, 6.45) is 3.53. The smallest absolute Gasteiger partial charge is 0.275 e. The van der Waals surface area contributed by atoms with Crippen LogP contribution in [0.25, 0.3) is 0 Å². The van der Waals surface area contributed by atoms with Gasteiger partial charge in [-0.05, 0) is 17.5 Å². The summed E-state index contributed by atoms with van der Waals surface area (Å²) in [6, 6.07) is 12.1. The van der Waals surface area contributed by atoms with Crippen molar-refractivity contribution in [1.82, 2.24) is 15.3 Å². The highest BCUT2D eigenvalue weighted by atomic mass is 16.2. The van der Waals surface area contributed by atoms with E-state index in [-0.39, 0.29) is 5.91 Å². The number of hydrogen-bond acceptors (Lipinski definition) is 4. The van der Waals surface area contributed by atoms with Crippen molar-refractivity contribution in [3.8, 4) is 0 Å². The highest BCUT2D eigenvalue weighted by Gasteiger charge is 2.23. The molecular formula is C19H26N5O+. The Kier molecular flexibility index (Phi) is 5.95. The second-order valence-corrected chi connectivity index (χ2v) is 6.58. The van der Waals surface area contributed by atoms with Crippen LogP contribution in [0.5, 0.6) is 0 Å². The van der Waals surface area contributed by atoms with Gasteiger partial charge in [-0.3, -0.25) is 4.79 Å². The molecule has 132 valence electrons. The third-order valence-corrected chi connectivity index (χ3v) is 4.69. The van der Waals surface area contributed by atoms with Crippen molar-refractivity contribution in [2.24, 2.45) is 0 Å². The van der Waals surface area contributed by atoms with Crippen LogP contribution in [-0.2, 0) is 4.79 Å². The van der Waals surface area contributed by atoms with Crippen molar-refractivity contribution in [3.63, 3.8) is 0 Å². The van der Waals surface area contributed by atoms with E-state index in [0.717, 1.165) is 32.1 Å². The molecule has 6 heteroatoms. The normalized spacial score (nSPS) is 16.4. The van der Waals surface area contributed by atoms with Gasteiger partial charge in [0.25, 0.3) is 5.91 Å². The van der Waals surface area contributed by atoms with Crippen LogP contribution in [0.4, 0.5) is 5.95 Å². The molecular weight excluding hydrogens is 314 g/mol. The largest absolute Gasteiger partial charge is 0.351 e. The molecule has 0 radical (unpaired) electrons. The molecule has 0 bridgehead atoms. The van der Waals surface area contributed by atoms with E-state index in [1.807, 2.05) is 24.3 Å². The summed E-state index contributed by atoms with van der Waals surface area (Å²) in [5.41, 5.74) is 1.26. The van der Waals surface area contributed by atoms with Gasteiger partial charge in [-0.25, -0.2) is 9.97 Å². The number of nitrogens with one attached hydrogen (secondary N) is 2. The summed E-state index contributed by atoms with van der Waals surface area (Å²) in [5.74, 6) is 1.23. The van der Waals surface area contributed by atoms with Gasteiger partial charge in [0.15, 0.2) is 6.54 Å². The van der Waals surface area contributed by atoms with E-state index in [4.69, 9.17) is 0 Å². The molecule has 2 N–H and O–H groups in total. The average molecular weight is 340 g/mol. The lowest BCUT2D eigenvalue weighted by molar-refractivity contribution is -0.892. The second-order valence-electron chi connectivity index (χ2n) is 6.58. The van der Waals surface area contributed by atoms with E-state index < -0.39 is 0 Å². The molecule has 1 saturated heterocycles. The van der Waals surface area contributed by atoms with Crippen molar-refractivity contribution in [2.45, 2.75) is 12.8 Å². The highest BCUT2D eigenvalue weighted by Crippen LogP contribution is 2.12. The SMILES string of the molecule is C[C@@H](CNC(=O)C[NH+]1CCN(c2ncccn2)CC1)c1ccccc1. The predicted octanol–water partition coefficient (Wildman–Crippen LogP) is 0.101. The molecule has 1 aliphatic heterocycles. The molecule has 1 aliphatic rings. The number of carbonyl (C=O) groups excluding carboxylic acids is 1. The van der Waals surface area contributed by atoms with Crippen LogP contribution in [0.15, 0.2) is 48.8 Å². The van der Waals surface area contributed by atoms with Gasteiger partial charge in [-0.15, -0.1) is 0 Å². The van der Waals surface area contributed by atoms with Crippen LogP contribution in [0.2, 0.25) is 0 Å². The molecule has 25 heavy (non-hydrogen) atoms. The van der Waals surface area contributed by atoms with Gasteiger partial charge in [0.2, 0.25) is 5.95 Å². The molecule has 2 aromatic rings. The van der Waals surface area contributed by atoms with Crippen LogP contribution in [0.1, 0.15) is 18.4 Å². The van der Waals surface area contributed by atoms with Crippen LogP contribution in [-0.4, -0.2) is 55.1 Å². The first-order chi connectivity index (χ1) is 12.2. The Bertz CT molecular complexity index is 656. The molecule has 6 nitrogen and oxygen atoms in total. The quantitative estimate of drug-likeness (QED) is 0.783. The predicted molar refractivity (Wildman–Crippen MR) is 97.7 cm³/mol. The zero-order chi connectivity index (χ0) is 17.5. The zero-order valence-corrected chi connectivity index (χ0v) is 14.7. The van der Waals surface area contributed by atoms with Gasteiger partial charge < -0.3 is 15.1 Å². The van der Waals surface area contributed by atoms with Gasteiger partial charge >= 0.3 is 0 Å². The molecule has 2 heterocycles. The number of piperazine rings is 1. The van der Waals surface area contributed by atoms with Gasteiger partial charge in [0.05, 0.1) is 26.2 Å². The fourth-order valence-corrected chi connectivity index (χ4v) is 3.11. The minimum atomic E-state index is 0.127. The topological polar surface area (TPSA) is 62.6 Å². The van der Waals surface area contributed by atoms with Crippen LogP contribution >= 0.6 is 0 Å². The summed E-state index contributed by atoms with van der Waals surface area (Å²) in [6.45, 7) is 6.98. The molecule has 1 fully saturated rings. The number of quaternary nitrogens is 1. The maximum absolute atomic E-state index is 12.2. The summed E-state index contributed by atoms with van der Waals surface area (Å²) in [7, 11) is 0. The molecule has 0 spiro atoms. The minimum Gasteiger partial charge on any atom is -0.351 e. The Labute approximate surface area is 148 Å². The maximum Gasteiger partial charge on any atom is 0.275 e. The van der Waals surface area contributed by atoms with E-state index in [1.54, 1.807) is 12.4 Å². The number of carbonyl (C=O) groups is 1. The fourth-order valence-electron chi connectivity index (χ4n) is 3.11. The van der Waals surface area contributed by atoms with Crippen LogP contribution in [0, 0.1) is 0 Å². The van der Waals surface area contributed by atoms with Crippen molar-refractivity contribution >= 4 is 11.9 Å². The average Bonchev–Trinajstić information content (AvgIpc) is 2.68. The second kappa shape index (κ2) is 8.58. The Balaban J connectivity index is 1.39. The summed E-state index contributed by atoms with van der Waals surface area (Å²) in [5, 5.41) is 3.07. The first-order valence-corrected chi connectivity index (χ1v) is 8.89. The molecule has 0 saturated carbocycles. The Morgan fingerprint density at radius 3 is 2.52 bits per heavy atom. The van der Waals surface area contributed by atoms with Crippen molar-refractivity contribution in [1.29, 1.82) is 0 Å². The Hall–Kier alpha value is -2.47. The number of hydrogen-bond donors (Lipinski definition) is 2. The zero-order valence-electron chi connectivity index (χ0n) is 14.7. The van der Waals surface area contributed by atoms with Crippen molar-refractivity contribution in [2.75, 3.05) is 44.2 Å². The molecule has 0 unspecified atom stereocenters. The lowest BCUT2D eigenvalue weighted by Gasteiger charge is -2.31. The first-order valence-electron chi connectivity index (χ1n) is 8.89. The lowest BCUT2D eigenvalue weighted by Crippen LogP contribution is -3.16. The highest BCUT2D eigenvalue weighted by molar-refractivity contribution is 5.76. The van der Waals surface area contributed by atoms with Gasteiger partial charge in [0, 0.05) is 18.9 Å². The van der Waals surface area contributed by atoms with E-state index >= 15 is 0 Å². The monoisotopic (exact) mass is 340 g/mol.